The lowest BCUT2D eigenvalue weighted by Gasteiger charge is -2.15. The molecule has 1 amide bonds. The van der Waals surface area contributed by atoms with Crippen molar-refractivity contribution in [3.63, 3.8) is 0 Å². The van der Waals surface area contributed by atoms with Gasteiger partial charge in [0.25, 0.3) is 5.91 Å². The number of nitrogens with one attached hydrogen (secondary N) is 1. The summed E-state index contributed by atoms with van der Waals surface area (Å²) < 4.78 is 12.3. The van der Waals surface area contributed by atoms with Crippen LogP contribution in [-0.2, 0) is 4.79 Å². The van der Waals surface area contributed by atoms with Gasteiger partial charge in [0.05, 0.1) is 12.8 Å². The number of benzene rings is 2. The van der Waals surface area contributed by atoms with Gasteiger partial charge in [-0.1, -0.05) is 0 Å². The predicted molar refractivity (Wildman–Crippen MR) is 95.6 cm³/mol. The average Bonchev–Trinajstić information content (AvgIpc) is 3.16. The Morgan fingerprint density at radius 1 is 1.15 bits per heavy atom. The lowest BCUT2D eigenvalue weighted by Crippen LogP contribution is -2.30. The number of carbonyl (C=O) groups is 1. The van der Waals surface area contributed by atoms with E-state index in [2.05, 4.69) is 20.8 Å². The molecule has 0 aliphatic heterocycles. The summed E-state index contributed by atoms with van der Waals surface area (Å²) in [6.07, 6.45) is 0.869. The highest BCUT2D eigenvalue weighted by atomic mass is 16.5. The molecular formula is C18H19N5O3. The molecule has 3 aromatic rings. The molecule has 0 bridgehead atoms. The molecule has 2 aromatic carbocycles. The minimum atomic E-state index is -0.650. The molecule has 26 heavy (non-hydrogen) atoms. The molecule has 0 fully saturated rings. The number of carbonyl (C=O) groups excluding carboxylic acids is 1. The third-order valence-electron chi connectivity index (χ3n) is 3.80. The minimum absolute atomic E-state index is 0.240. The Morgan fingerprint density at radius 3 is 2.50 bits per heavy atom. The van der Waals surface area contributed by atoms with Crippen LogP contribution in [0.4, 0.5) is 5.69 Å². The van der Waals surface area contributed by atoms with Gasteiger partial charge in [-0.25, -0.2) is 4.68 Å². The average molecular weight is 353 g/mol. The maximum absolute atomic E-state index is 12.4. The van der Waals surface area contributed by atoms with E-state index in [0.717, 1.165) is 17.0 Å². The quantitative estimate of drug-likeness (QED) is 0.732. The van der Waals surface area contributed by atoms with E-state index in [4.69, 9.17) is 9.47 Å². The predicted octanol–water partition coefficient (Wildman–Crippen LogP) is 2.39. The maximum Gasteiger partial charge on any atom is 0.265 e. The zero-order chi connectivity index (χ0) is 18.5. The first-order valence-electron chi connectivity index (χ1n) is 8.02. The van der Waals surface area contributed by atoms with Crippen LogP contribution in [0.2, 0.25) is 0 Å². The third kappa shape index (κ3) is 3.97. The van der Waals surface area contributed by atoms with Gasteiger partial charge in [0, 0.05) is 5.69 Å². The first-order valence-corrected chi connectivity index (χ1v) is 8.02. The molecule has 1 heterocycles. The van der Waals surface area contributed by atoms with E-state index in [0.29, 0.717) is 11.4 Å². The zero-order valence-corrected chi connectivity index (χ0v) is 14.7. The zero-order valence-electron chi connectivity index (χ0n) is 14.7. The largest absolute Gasteiger partial charge is 0.497 e. The van der Waals surface area contributed by atoms with Crippen LogP contribution in [0.5, 0.6) is 11.5 Å². The minimum Gasteiger partial charge on any atom is -0.497 e. The molecule has 134 valence electrons. The van der Waals surface area contributed by atoms with E-state index >= 15 is 0 Å². The van der Waals surface area contributed by atoms with Crippen LogP contribution in [0.1, 0.15) is 12.5 Å². The van der Waals surface area contributed by atoms with E-state index in [-0.39, 0.29) is 5.91 Å². The van der Waals surface area contributed by atoms with Crippen LogP contribution >= 0.6 is 0 Å². The summed E-state index contributed by atoms with van der Waals surface area (Å²) in [4.78, 5) is 12.4. The third-order valence-corrected chi connectivity index (χ3v) is 3.80. The van der Waals surface area contributed by atoms with Crippen LogP contribution in [0.15, 0.2) is 48.8 Å². The number of nitrogens with zero attached hydrogens (tertiary/aromatic N) is 4. The Bertz CT molecular complexity index is 878. The molecule has 1 aromatic heterocycles. The van der Waals surface area contributed by atoms with Gasteiger partial charge in [0.15, 0.2) is 6.10 Å². The Morgan fingerprint density at radius 2 is 1.88 bits per heavy atom. The number of amides is 1. The highest BCUT2D eigenvalue weighted by molar-refractivity contribution is 5.94. The fourth-order valence-corrected chi connectivity index (χ4v) is 2.42. The summed E-state index contributed by atoms with van der Waals surface area (Å²) in [5, 5.41) is 14.0. The van der Waals surface area contributed by atoms with Gasteiger partial charge < -0.3 is 14.8 Å². The summed E-state index contributed by atoms with van der Waals surface area (Å²) in [7, 11) is 1.60. The number of aromatic nitrogens is 4. The topological polar surface area (TPSA) is 91.2 Å². The fourth-order valence-electron chi connectivity index (χ4n) is 2.42. The second-order valence-electron chi connectivity index (χ2n) is 5.68. The van der Waals surface area contributed by atoms with E-state index < -0.39 is 6.10 Å². The molecule has 0 radical (unpaired) electrons. The van der Waals surface area contributed by atoms with Crippen LogP contribution in [-0.4, -0.2) is 39.3 Å². The normalized spacial score (nSPS) is 11.7. The fraction of sp³-hybridized carbons (Fsp3) is 0.222. The van der Waals surface area contributed by atoms with Crippen molar-refractivity contribution in [2.45, 2.75) is 20.0 Å². The van der Waals surface area contributed by atoms with Gasteiger partial charge in [-0.3, -0.25) is 4.79 Å². The number of aryl methyl sites for hydroxylation is 1. The molecular weight excluding hydrogens is 334 g/mol. The molecule has 0 spiro atoms. The van der Waals surface area contributed by atoms with Gasteiger partial charge in [0.1, 0.15) is 17.8 Å². The van der Waals surface area contributed by atoms with Gasteiger partial charge in [0.2, 0.25) is 0 Å². The number of ether oxygens (including phenoxy) is 2. The van der Waals surface area contributed by atoms with Crippen LogP contribution < -0.4 is 14.8 Å². The monoisotopic (exact) mass is 353 g/mol. The molecule has 8 nitrogen and oxygen atoms in total. The molecule has 8 heteroatoms. The van der Waals surface area contributed by atoms with Gasteiger partial charge in [-0.2, -0.15) is 0 Å². The summed E-state index contributed by atoms with van der Waals surface area (Å²) in [5.41, 5.74) is 2.45. The van der Waals surface area contributed by atoms with Crippen molar-refractivity contribution in [2.24, 2.45) is 0 Å². The number of hydrogen-bond acceptors (Lipinski definition) is 6. The first-order chi connectivity index (χ1) is 12.6. The van der Waals surface area contributed by atoms with Crippen molar-refractivity contribution in [1.82, 2.24) is 20.2 Å². The Hall–Kier alpha value is -3.42. The van der Waals surface area contributed by atoms with Crippen LogP contribution in [0.3, 0.4) is 0 Å². The second-order valence-corrected chi connectivity index (χ2v) is 5.68. The summed E-state index contributed by atoms with van der Waals surface area (Å²) >= 11 is 0. The molecule has 1 unspecified atom stereocenters. The van der Waals surface area contributed by atoms with E-state index in [9.17, 15) is 4.79 Å². The Labute approximate surface area is 150 Å². The van der Waals surface area contributed by atoms with Gasteiger partial charge in [-0.15, -0.1) is 5.10 Å². The number of hydrogen-bond donors (Lipinski definition) is 1. The van der Waals surface area contributed by atoms with Crippen molar-refractivity contribution >= 4 is 11.6 Å². The highest BCUT2D eigenvalue weighted by Gasteiger charge is 2.15. The second kappa shape index (κ2) is 7.64. The van der Waals surface area contributed by atoms with E-state index in [1.165, 1.54) is 6.33 Å². The van der Waals surface area contributed by atoms with Gasteiger partial charge in [-0.05, 0) is 72.3 Å². The summed E-state index contributed by atoms with van der Waals surface area (Å²) in [6, 6.07) is 12.6. The van der Waals surface area contributed by atoms with Crippen molar-refractivity contribution in [3.8, 4) is 17.2 Å². The molecule has 0 saturated carbocycles. The first kappa shape index (κ1) is 17.4. The maximum atomic E-state index is 12.4. The molecule has 1 N–H and O–H groups in total. The number of anilines is 1. The van der Waals surface area contributed by atoms with Gasteiger partial charge >= 0.3 is 0 Å². The standard InChI is InChI=1S/C18H19N5O3/c1-12-10-14(4-9-17(12)23-11-19-21-22-23)20-18(24)13(2)26-16-7-5-15(25-3)6-8-16/h4-11,13H,1-3H3,(H,20,24). The molecule has 0 aliphatic carbocycles. The Balaban J connectivity index is 1.64. The number of rotatable bonds is 6. The highest BCUT2D eigenvalue weighted by Crippen LogP contribution is 2.20. The molecule has 0 aliphatic rings. The molecule has 3 rings (SSSR count). The van der Waals surface area contributed by atoms with E-state index in [1.807, 2.05) is 19.1 Å². The lowest BCUT2D eigenvalue weighted by molar-refractivity contribution is -0.122. The Kier molecular flexibility index (Phi) is 5.12. The number of tetrazole rings is 1. The SMILES string of the molecule is COc1ccc(OC(C)C(=O)Nc2ccc(-n3cnnn3)c(C)c2)cc1. The smallest absolute Gasteiger partial charge is 0.265 e. The van der Waals surface area contributed by atoms with Crippen molar-refractivity contribution in [2.75, 3.05) is 12.4 Å². The summed E-state index contributed by atoms with van der Waals surface area (Å²) in [5.74, 6) is 1.08. The molecule has 0 saturated heterocycles. The van der Waals surface area contributed by atoms with Crippen molar-refractivity contribution in [1.29, 1.82) is 0 Å². The molecule has 1 atom stereocenters. The van der Waals surface area contributed by atoms with E-state index in [1.54, 1.807) is 49.0 Å². The summed E-state index contributed by atoms with van der Waals surface area (Å²) in [6.45, 7) is 3.62. The number of methoxy groups -OCH3 is 1. The van der Waals surface area contributed by atoms with Crippen LogP contribution in [0.25, 0.3) is 5.69 Å². The lowest BCUT2D eigenvalue weighted by atomic mass is 10.1. The van der Waals surface area contributed by atoms with Crippen LogP contribution in [0, 0.1) is 6.92 Å². The van der Waals surface area contributed by atoms with Crippen molar-refractivity contribution < 1.29 is 14.3 Å². The van der Waals surface area contributed by atoms with Crippen molar-refractivity contribution in [3.05, 3.63) is 54.4 Å².